The molecule has 1 heterocycles. The Balaban J connectivity index is 2.21. The highest BCUT2D eigenvalue weighted by Crippen LogP contribution is 2.24. The average molecular weight is 366 g/mol. The van der Waals surface area contributed by atoms with Crippen LogP contribution in [0.1, 0.15) is 65.9 Å². The van der Waals surface area contributed by atoms with Crippen molar-refractivity contribution < 1.29 is 9.59 Å². The van der Waals surface area contributed by atoms with E-state index in [4.69, 9.17) is 0 Å². The van der Waals surface area contributed by atoms with Crippen LogP contribution in [-0.4, -0.2) is 34.2 Å². The first-order valence-electron chi connectivity index (χ1n) is 9.75. The summed E-state index contributed by atoms with van der Waals surface area (Å²) in [6.07, 6.45) is 3.49. The third kappa shape index (κ3) is 3.72. The summed E-state index contributed by atoms with van der Waals surface area (Å²) >= 11 is 0. The molecule has 27 heavy (non-hydrogen) atoms. The van der Waals surface area contributed by atoms with E-state index in [1.807, 2.05) is 44.2 Å². The number of ketones is 1. The Labute approximate surface area is 159 Å². The van der Waals surface area contributed by atoms with Crippen molar-refractivity contribution in [2.45, 2.75) is 46.0 Å². The van der Waals surface area contributed by atoms with Gasteiger partial charge in [-0.05, 0) is 43.9 Å². The molecule has 5 nitrogen and oxygen atoms in total. The highest BCUT2D eigenvalue weighted by molar-refractivity contribution is 6.02. The molecule has 0 fully saturated rings. The zero-order valence-corrected chi connectivity index (χ0v) is 16.0. The predicted molar refractivity (Wildman–Crippen MR) is 106 cm³/mol. The van der Waals surface area contributed by atoms with Gasteiger partial charge in [-0.2, -0.15) is 0 Å². The zero-order valence-electron chi connectivity index (χ0n) is 16.0. The van der Waals surface area contributed by atoms with E-state index in [2.05, 4.69) is 0 Å². The zero-order chi connectivity index (χ0) is 19.4. The molecule has 0 unspecified atom stereocenters. The van der Waals surface area contributed by atoms with Crippen LogP contribution in [0, 0.1) is 0 Å². The minimum Gasteiger partial charge on any atom is -0.338 e. The van der Waals surface area contributed by atoms with Crippen molar-refractivity contribution in [3.63, 3.8) is 0 Å². The van der Waals surface area contributed by atoms with Crippen LogP contribution in [0.3, 0.4) is 0 Å². The fourth-order valence-electron chi connectivity index (χ4n) is 3.72. The van der Waals surface area contributed by atoms with Crippen LogP contribution in [0.25, 0.3) is 5.69 Å². The van der Waals surface area contributed by atoms with Gasteiger partial charge in [0.1, 0.15) is 5.56 Å². The molecule has 0 atom stereocenters. The van der Waals surface area contributed by atoms with Crippen molar-refractivity contribution in [2.24, 2.45) is 0 Å². The number of rotatable bonds is 6. The summed E-state index contributed by atoms with van der Waals surface area (Å²) in [6.45, 7) is 5.22. The third-order valence-corrected chi connectivity index (χ3v) is 4.94. The molecule has 1 aromatic carbocycles. The molecule has 0 saturated carbocycles. The standard InChI is InChI=1S/C22H26N2O3/c1-3-13-23(14-4-2)21(26)18-15-17-19(11-8-12-20(17)25)24(22(18)27)16-9-6-5-7-10-16/h5-7,9-10,15H,3-4,8,11-14H2,1-2H3. The van der Waals surface area contributed by atoms with Gasteiger partial charge >= 0.3 is 0 Å². The van der Waals surface area contributed by atoms with Gasteiger partial charge in [-0.15, -0.1) is 0 Å². The third-order valence-electron chi connectivity index (χ3n) is 4.94. The molecule has 1 aliphatic carbocycles. The number of amides is 1. The van der Waals surface area contributed by atoms with Crippen molar-refractivity contribution in [1.29, 1.82) is 0 Å². The van der Waals surface area contributed by atoms with Gasteiger partial charge in [-0.3, -0.25) is 19.0 Å². The van der Waals surface area contributed by atoms with Gasteiger partial charge in [0.15, 0.2) is 5.78 Å². The van der Waals surface area contributed by atoms with E-state index in [0.29, 0.717) is 37.2 Å². The molecular formula is C22H26N2O3. The van der Waals surface area contributed by atoms with Crippen molar-refractivity contribution in [3.05, 3.63) is 63.6 Å². The molecule has 0 spiro atoms. The Hall–Kier alpha value is -2.69. The number of Topliss-reactive ketones (excluding diaryl/α,β-unsaturated/α-hetero) is 1. The molecule has 142 valence electrons. The maximum absolute atomic E-state index is 13.3. The van der Waals surface area contributed by atoms with Crippen LogP contribution in [-0.2, 0) is 6.42 Å². The number of carbonyl (C=O) groups is 2. The van der Waals surface area contributed by atoms with E-state index in [0.717, 1.165) is 25.0 Å². The second-order valence-corrected chi connectivity index (χ2v) is 6.96. The summed E-state index contributed by atoms with van der Waals surface area (Å²) in [5.74, 6) is -0.276. The van der Waals surface area contributed by atoms with E-state index in [9.17, 15) is 14.4 Å². The lowest BCUT2D eigenvalue weighted by atomic mass is 9.92. The maximum Gasteiger partial charge on any atom is 0.268 e. The Bertz CT molecular complexity index is 894. The number of aromatic nitrogens is 1. The van der Waals surface area contributed by atoms with Crippen LogP contribution in [0.4, 0.5) is 0 Å². The molecule has 1 amide bonds. The first-order valence-corrected chi connectivity index (χ1v) is 9.75. The van der Waals surface area contributed by atoms with Crippen molar-refractivity contribution in [2.75, 3.05) is 13.1 Å². The molecule has 5 heteroatoms. The average Bonchev–Trinajstić information content (AvgIpc) is 2.68. The summed E-state index contributed by atoms with van der Waals surface area (Å²) in [6, 6.07) is 10.8. The lowest BCUT2D eigenvalue weighted by molar-refractivity contribution is 0.0753. The molecule has 2 aromatic rings. The Morgan fingerprint density at radius 2 is 1.70 bits per heavy atom. The molecular weight excluding hydrogens is 340 g/mol. The molecule has 1 aromatic heterocycles. The molecule has 0 aliphatic heterocycles. The lowest BCUT2D eigenvalue weighted by Gasteiger charge is -2.25. The number of nitrogens with zero attached hydrogens (tertiary/aromatic N) is 2. The summed E-state index contributed by atoms with van der Waals surface area (Å²) in [5.41, 5.74) is 1.68. The molecule has 3 rings (SSSR count). The maximum atomic E-state index is 13.3. The van der Waals surface area contributed by atoms with Crippen LogP contribution >= 0.6 is 0 Å². The van der Waals surface area contributed by atoms with E-state index in [1.54, 1.807) is 15.5 Å². The molecule has 0 bridgehead atoms. The normalized spacial score (nSPS) is 13.3. The summed E-state index contributed by atoms with van der Waals surface area (Å²) in [4.78, 5) is 40.7. The first-order chi connectivity index (χ1) is 13.1. The number of hydrogen-bond donors (Lipinski definition) is 0. The molecule has 0 saturated heterocycles. The van der Waals surface area contributed by atoms with E-state index in [-0.39, 0.29) is 22.8 Å². The molecule has 0 N–H and O–H groups in total. The van der Waals surface area contributed by atoms with Gasteiger partial charge in [0.25, 0.3) is 11.5 Å². The second kappa shape index (κ2) is 8.33. The van der Waals surface area contributed by atoms with Crippen LogP contribution in [0.2, 0.25) is 0 Å². The number of fused-ring (bicyclic) bond motifs is 1. The van der Waals surface area contributed by atoms with Crippen LogP contribution in [0.15, 0.2) is 41.2 Å². The highest BCUT2D eigenvalue weighted by Gasteiger charge is 2.27. The fourth-order valence-corrected chi connectivity index (χ4v) is 3.72. The quantitative estimate of drug-likeness (QED) is 0.784. The highest BCUT2D eigenvalue weighted by atomic mass is 16.2. The first kappa shape index (κ1) is 19.1. The van der Waals surface area contributed by atoms with Gasteiger partial charge in [0.05, 0.1) is 0 Å². The van der Waals surface area contributed by atoms with Gasteiger partial charge in [-0.25, -0.2) is 0 Å². The second-order valence-electron chi connectivity index (χ2n) is 6.96. The van der Waals surface area contributed by atoms with Gasteiger partial charge in [0, 0.05) is 36.5 Å². The van der Waals surface area contributed by atoms with Gasteiger partial charge in [-0.1, -0.05) is 32.0 Å². The number of hydrogen-bond acceptors (Lipinski definition) is 3. The Morgan fingerprint density at radius 3 is 2.33 bits per heavy atom. The number of pyridine rings is 1. The minimum atomic E-state index is -0.336. The van der Waals surface area contributed by atoms with Crippen molar-refractivity contribution in [3.8, 4) is 5.69 Å². The topological polar surface area (TPSA) is 59.4 Å². The van der Waals surface area contributed by atoms with Crippen LogP contribution < -0.4 is 5.56 Å². The number of benzene rings is 1. The summed E-state index contributed by atoms with van der Waals surface area (Å²) in [5, 5.41) is 0. The Morgan fingerprint density at radius 1 is 1.04 bits per heavy atom. The summed E-state index contributed by atoms with van der Waals surface area (Å²) < 4.78 is 1.57. The van der Waals surface area contributed by atoms with Gasteiger partial charge in [0.2, 0.25) is 0 Å². The molecule has 1 aliphatic rings. The van der Waals surface area contributed by atoms with Crippen molar-refractivity contribution in [1.82, 2.24) is 9.47 Å². The largest absolute Gasteiger partial charge is 0.338 e. The van der Waals surface area contributed by atoms with Gasteiger partial charge < -0.3 is 4.90 Å². The minimum absolute atomic E-state index is 0.00696. The van der Waals surface area contributed by atoms with Crippen molar-refractivity contribution >= 4 is 11.7 Å². The fraction of sp³-hybridized carbons (Fsp3) is 0.409. The van der Waals surface area contributed by atoms with E-state index < -0.39 is 0 Å². The van der Waals surface area contributed by atoms with E-state index >= 15 is 0 Å². The Kier molecular flexibility index (Phi) is 5.89. The van der Waals surface area contributed by atoms with E-state index in [1.165, 1.54) is 0 Å². The molecule has 0 radical (unpaired) electrons. The monoisotopic (exact) mass is 366 g/mol. The smallest absolute Gasteiger partial charge is 0.268 e. The predicted octanol–water partition coefficient (Wildman–Crippen LogP) is 3.62. The SMILES string of the molecule is CCCN(CCC)C(=O)c1cc2c(n(-c3ccccc3)c1=O)CCCC2=O. The van der Waals surface area contributed by atoms with Crippen LogP contribution in [0.5, 0.6) is 0 Å². The number of para-hydroxylation sites is 1. The number of carbonyl (C=O) groups excluding carboxylic acids is 2. The lowest BCUT2D eigenvalue weighted by Crippen LogP contribution is -2.39. The summed E-state index contributed by atoms with van der Waals surface area (Å²) in [7, 11) is 0.